The van der Waals surface area contributed by atoms with Crippen LogP contribution in [0.5, 0.6) is 0 Å². The van der Waals surface area contributed by atoms with Gasteiger partial charge in [0.25, 0.3) is 0 Å². The van der Waals surface area contributed by atoms with E-state index in [-0.39, 0.29) is 18.9 Å². The molecule has 0 spiro atoms. The lowest BCUT2D eigenvalue weighted by Crippen LogP contribution is -2.53. The fourth-order valence-corrected chi connectivity index (χ4v) is 5.13. The molecule has 3 aromatic carbocycles. The number of hydrogen-bond acceptors (Lipinski definition) is 4. The molecule has 0 aliphatic heterocycles. The first-order chi connectivity index (χ1) is 17.6. The summed E-state index contributed by atoms with van der Waals surface area (Å²) in [7, 11) is -3.79. The lowest BCUT2D eigenvalue weighted by molar-refractivity contribution is -0.140. The minimum atomic E-state index is -3.79. The summed E-state index contributed by atoms with van der Waals surface area (Å²) in [5.74, 6) is -0.817. The van der Waals surface area contributed by atoms with Gasteiger partial charge in [0.2, 0.25) is 21.8 Å². The number of anilines is 1. The minimum absolute atomic E-state index is 0.0828. The molecular formula is C28H32ClN3O4S. The van der Waals surface area contributed by atoms with Crippen molar-refractivity contribution >= 4 is 39.1 Å². The van der Waals surface area contributed by atoms with Crippen LogP contribution in [-0.4, -0.2) is 50.5 Å². The van der Waals surface area contributed by atoms with Crippen LogP contribution in [0.1, 0.15) is 23.6 Å². The highest BCUT2D eigenvalue weighted by Gasteiger charge is 2.32. The van der Waals surface area contributed by atoms with Gasteiger partial charge in [0.05, 0.1) is 11.9 Å². The van der Waals surface area contributed by atoms with Crippen molar-refractivity contribution in [1.29, 1.82) is 0 Å². The summed E-state index contributed by atoms with van der Waals surface area (Å²) >= 11 is 6.20. The minimum Gasteiger partial charge on any atom is -0.355 e. The molecule has 0 fully saturated rings. The zero-order valence-corrected chi connectivity index (χ0v) is 22.8. The molecule has 1 atom stereocenters. The number of benzene rings is 3. The molecule has 196 valence electrons. The molecule has 1 N–H and O–H groups in total. The van der Waals surface area contributed by atoms with Crippen molar-refractivity contribution < 1.29 is 18.0 Å². The number of carbonyl (C=O) groups excluding carboxylic acids is 2. The Morgan fingerprint density at radius 3 is 2.24 bits per heavy atom. The second kappa shape index (κ2) is 12.7. The predicted octanol–water partition coefficient (Wildman–Crippen LogP) is 4.19. The molecule has 0 unspecified atom stereocenters. The Labute approximate surface area is 224 Å². The maximum atomic E-state index is 13.9. The van der Waals surface area contributed by atoms with E-state index in [0.717, 1.165) is 27.3 Å². The lowest BCUT2D eigenvalue weighted by atomic mass is 10.0. The summed E-state index contributed by atoms with van der Waals surface area (Å²) in [6.45, 7) is 3.68. The Kier molecular flexibility index (Phi) is 9.72. The van der Waals surface area contributed by atoms with Gasteiger partial charge < -0.3 is 10.2 Å². The number of hydrogen-bond donors (Lipinski definition) is 1. The van der Waals surface area contributed by atoms with Gasteiger partial charge in [-0.3, -0.25) is 13.9 Å². The third-order valence-electron chi connectivity index (χ3n) is 5.83. The topological polar surface area (TPSA) is 86.8 Å². The standard InChI is InChI=1S/C28H32ClN3O4S/c1-4-30-28(34)26(18-22-11-6-5-7-12-22)31(19-23-13-9-14-24(29)17-23)27(33)20-32(37(3,35)36)25-15-8-10-21(2)16-25/h5-17,26H,4,18-20H2,1-3H3,(H,30,34)/t26-/m0/s1. The quantitative estimate of drug-likeness (QED) is 0.394. The Balaban J connectivity index is 2.04. The van der Waals surface area contributed by atoms with Crippen LogP contribution < -0.4 is 9.62 Å². The third-order valence-corrected chi connectivity index (χ3v) is 7.21. The van der Waals surface area contributed by atoms with E-state index in [1.807, 2.05) is 56.3 Å². The first-order valence-corrected chi connectivity index (χ1v) is 14.2. The van der Waals surface area contributed by atoms with Gasteiger partial charge in [-0.15, -0.1) is 0 Å². The number of amides is 2. The van der Waals surface area contributed by atoms with Crippen molar-refractivity contribution in [2.75, 3.05) is 23.7 Å². The van der Waals surface area contributed by atoms with Crippen molar-refractivity contribution in [3.05, 3.63) is 101 Å². The highest BCUT2D eigenvalue weighted by Crippen LogP contribution is 2.22. The van der Waals surface area contributed by atoms with Crippen molar-refractivity contribution in [2.45, 2.75) is 32.9 Å². The van der Waals surface area contributed by atoms with Crippen LogP contribution >= 0.6 is 11.6 Å². The van der Waals surface area contributed by atoms with Gasteiger partial charge in [-0.1, -0.05) is 66.2 Å². The Bertz CT molecular complexity index is 1330. The molecule has 0 radical (unpaired) electrons. The van der Waals surface area contributed by atoms with E-state index in [9.17, 15) is 18.0 Å². The number of rotatable bonds is 11. The highest BCUT2D eigenvalue weighted by molar-refractivity contribution is 7.92. The van der Waals surface area contributed by atoms with Gasteiger partial charge >= 0.3 is 0 Å². The summed E-state index contributed by atoms with van der Waals surface area (Å²) in [6, 6.07) is 22.5. The molecule has 37 heavy (non-hydrogen) atoms. The molecule has 0 aliphatic carbocycles. The lowest BCUT2D eigenvalue weighted by Gasteiger charge is -2.33. The van der Waals surface area contributed by atoms with E-state index in [1.54, 1.807) is 36.4 Å². The van der Waals surface area contributed by atoms with Crippen LogP contribution in [0.15, 0.2) is 78.9 Å². The number of aryl methyl sites for hydroxylation is 1. The number of nitrogens with zero attached hydrogens (tertiary/aromatic N) is 2. The first kappa shape index (κ1) is 28.2. The van der Waals surface area contributed by atoms with Gasteiger partial charge in [0.15, 0.2) is 0 Å². The van der Waals surface area contributed by atoms with Gasteiger partial charge in [-0.25, -0.2) is 8.42 Å². The average Bonchev–Trinajstić information content (AvgIpc) is 2.84. The summed E-state index contributed by atoms with van der Waals surface area (Å²) < 4.78 is 26.6. The largest absolute Gasteiger partial charge is 0.355 e. The molecule has 3 rings (SSSR count). The van der Waals surface area contributed by atoms with Gasteiger partial charge in [0, 0.05) is 24.5 Å². The molecule has 0 aromatic heterocycles. The molecule has 0 saturated heterocycles. The molecule has 0 heterocycles. The van der Waals surface area contributed by atoms with Crippen LogP contribution in [-0.2, 0) is 32.6 Å². The van der Waals surface area contributed by atoms with Crippen molar-refractivity contribution in [2.24, 2.45) is 0 Å². The Hall–Kier alpha value is -3.36. The second-order valence-electron chi connectivity index (χ2n) is 8.86. The smallest absolute Gasteiger partial charge is 0.244 e. The van der Waals surface area contributed by atoms with Crippen LogP contribution in [0.4, 0.5) is 5.69 Å². The number of halogens is 1. The summed E-state index contributed by atoms with van der Waals surface area (Å²) in [4.78, 5) is 28.6. The SMILES string of the molecule is CCNC(=O)[C@H](Cc1ccccc1)N(Cc1cccc(Cl)c1)C(=O)CN(c1cccc(C)c1)S(C)(=O)=O. The van der Waals surface area contributed by atoms with Gasteiger partial charge in [0.1, 0.15) is 12.6 Å². The molecule has 0 bridgehead atoms. The fraction of sp³-hybridized carbons (Fsp3) is 0.286. The predicted molar refractivity (Wildman–Crippen MR) is 148 cm³/mol. The Morgan fingerprint density at radius 2 is 1.62 bits per heavy atom. The average molecular weight is 542 g/mol. The molecule has 9 heteroatoms. The molecule has 0 aliphatic rings. The molecular weight excluding hydrogens is 510 g/mol. The van der Waals surface area contributed by atoms with E-state index in [4.69, 9.17) is 11.6 Å². The summed E-state index contributed by atoms with van der Waals surface area (Å²) in [5, 5.41) is 3.33. The number of nitrogens with one attached hydrogen (secondary N) is 1. The number of carbonyl (C=O) groups is 2. The van der Waals surface area contributed by atoms with Crippen LogP contribution in [0.25, 0.3) is 0 Å². The van der Waals surface area contributed by atoms with Gasteiger partial charge in [-0.05, 0) is 54.8 Å². The van der Waals surface area contributed by atoms with Crippen LogP contribution in [0.2, 0.25) is 5.02 Å². The van der Waals surface area contributed by atoms with E-state index in [2.05, 4.69) is 5.32 Å². The Morgan fingerprint density at radius 1 is 0.946 bits per heavy atom. The van der Waals surface area contributed by atoms with Crippen LogP contribution in [0.3, 0.4) is 0 Å². The van der Waals surface area contributed by atoms with E-state index < -0.39 is 28.5 Å². The number of likely N-dealkylation sites (N-methyl/N-ethyl adjacent to an activating group) is 1. The highest BCUT2D eigenvalue weighted by atomic mass is 35.5. The molecule has 3 aromatic rings. The molecule has 7 nitrogen and oxygen atoms in total. The monoisotopic (exact) mass is 541 g/mol. The molecule has 2 amide bonds. The number of sulfonamides is 1. The van der Waals surface area contributed by atoms with Gasteiger partial charge in [-0.2, -0.15) is 0 Å². The summed E-state index contributed by atoms with van der Waals surface area (Å²) in [6.07, 6.45) is 1.33. The van der Waals surface area contributed by atoms with E-state index in [1.165, 1.54) is 4.90 Å². The second-order valence-corrected chi connectivity index (χ2v) is 11.2. The fourth-order valence-electron chi connectivity index (χ4n) is 4.07. The van der Waals surface area contributed by atoms with Crippen molar-refractivity contribution in [3.63, 3.8) is 0 Å². The zero-order valence-electron chi connectivity index (χ0n) is 21.2. The van der Waals surface area contributed by atoms with Crippen molar-refractivity contribution in [1.82, 2.24) is 10.2 Å². The molecule has 0 saturated carbocycles. The van der Waals surface area contributed by atoms with E-state index in [0.29, 0.717) is 17.3 Å². The maximum absolute atomic E-state index is 13.9. The van der Waals surface area contributed by atoms with E-state index >= 15 is 0 Å². The first-order valence-electron chi connectivity index (χ1n) is 12.0. The maximum Gasteiger partial charge on any atom is 0.244 e. The van der Waals surface area contributed by atoms with Crippen molar-refractivity contribution in [3.8, 4) is 0 Å². The zero-order chi connectivity index (χ0) is 27.0. The normalized spacial score (nSPS) is 12.0. The van der Waals surface area contributed by atoms with Crippen LogP contribution in [0, 0.1) is 6.92 Å². The summed E-state index contributed by atoms with van der Waals surface area (Å²) in [5.41, 5.74) is 2.85. The third kappa shape index (κ3) is 8.06.